The van der Waals surface area contributed by atoms with E-state index < -0.39 is 0 Å². The number of methoxy groups -OCH3 is 1. The number of nitrogens with one attached hydrogen (secondary N) is 2. The average molecular weight is 382 g/mol. The third-order valence-corrected chi connectivity index (χ3v) is 4.57. The van der Waals surface area contributed by atoms with Gasteiger partial charge in [0, 0.05) is 33.3 Å². The molecular weight excluding hydrogens is 358 g/mol. The van der Waals surface area contributed by atoms with E-state index in [0.29, 0.717) is 36.8 Å². The van der Waals surface area contributed by atoms with Crippen molar-refractivity contribution in [3.63, 3.8) is 0 Å². The Balaban J connectivity index is 1.72. The molecule has 0 aliphatic carbocycles. The lowest BCUT2D eigenvalue weighted by Gasteiger charge is -2.31. The van der Waals surface area contributed by atoms with Crippen LogP contribution >= 0.6 is 11.6 Å². The van der Waals surface area contributed by atoms with Crippen LogP contribution in [0.2, 0.25) is 5.02 Å². The van der Waals surface area contributed by atoms with E-state index in [1.807, 2.05) is 0 Å². The molecule has 8 heteroatoms. The van der Waals surface area contributed by atoms with Gasteiger partial charge in [0.15, 0.2) is 0 Å². The molecule has 1 aliphatic heterocycles. The Kier molecular flexibility index (Phi) is 7.87. The fourth-order valence-electron chi connectivity index (χ4n) is 2.88. The Morgan fingerprint density at radius 3 is 2.69 bits per heavy atom. The largest absolute Gasteiger partial charge is 0.375 e. The van der Waals surface area contributed by atoms with Crippen molar-refractivity contribution in [2.24, 2.45) is 5.92 Å². The first-order valence-corrected chi connectivity index (χ1v) is 8.98. The van der Waals surface area contributed by atoms with Crippen LogP contribution in [0.5, 0.6) is 0 Å². The summed E-state index contributed by atoms with van der Waals surface area (Å²) >= 11 is 5.97. The van der Waals surface area contributed by atoms with Gasteiger partial charge in [0.2, 0.25) is 11.8 Å². The molecule has 0 saturated carbocycles. The molecule has 0 spiro atoms. The van der Waals surface area contributed by atoms with Gasteiger partial charge in [-0.1, -0.05) is 23.7 Å². The van der Waals surface area contributed by atoms with Crippen molar-refractivity contribution >= 4 is 29.3 Å². The minimum atomic E-state index is -0.279. The van der Waals surface area contributed by atoms with Crippen LogP contribution in [0.25, 0.3) is 0 Å². The van der Waals surface area contributed by atoms with E-state index in [4.69, 9.17) is 16.3 Å². The zero-order valence-corrected chi connectivity index (χ0v) is 15.6. The highest BCUT2D eigenvalue weighted by Gasteiger charge is 2.28. The summed E-state index contributed by atoms with van der Waals surface area (Å²) in [6.07, 6.45) is 1.53. The summed E-state index contributed by atoms with van der Waals surface area (Å²) in [5.74, 6) is -0.716. The smallest absolute Gasteiger partial charge is 0.252 e. The van der Waals surface area contributed by atoms with Crippen molar-refractivity contribution in [1.82, 2.24) is 15.5 Å². The molecule has 0 bridgehead atoms. The van der Waals surface area contributed by atoms with Gasteiger partial charge in [0.05, 0.1) is 16.5 Å². The third kappa shape index (κ3) is 5.71. The highest BCUT2D eigenvalue weighted by atomic mass is 35.5. The maximum Gasteiger partial charge on any atom is 0.252 e. The number of benzene rings is 1. The Morgan fingerprint density at radius 2 is 1.96 bits per heavy atom. The normalized spacial score (nSPS) is 16.8. The molecule has 1 heterocycles. The number of carbonyl (C=O) groups is 3. The number of piperidine rings is 1. The van der Waals surface area contributed by atoms with E-state index in [2.05, 4.69) is 10.6 Å². The minimum absolute atomic E-state index is 0.0302. The van der Waals surface area contributed by atoms with E-state index in [1.54, 1.807) is 29.2 Å². The molecule has 1 aromatic rings. The summed E-state index contributed by atoms with van der Waals surface area (Å²) in [7, 11) is 1.48. The second kappa shape index (κ2) is 10.1. The molecule has 142 valence electrons. The van der Waals surface area contributed by atoms with Crippen molar-refractivity contribution in [2.45, 2.75) is 12.8 Å². The molecule has 0 aromatic heterocycles. The van der Waals surface area contributed by atoms with Gasteiger partial charge in [-0.15, -0.1) is 0 Å². The summed E-state index contributed by atoms with van der Waals surface area (Å²) in [6, 6.07) is 6.79. The maximum absolute atomic E-state index is 12.3. The number of hydrogen-bond acceptors (Lipinski definition) is 4. The van der Waals surface area contributed by atoms with Gasteiger partial charge in [-0.25, -0.2) is 0 Å². The lowest BCUT2D eigenvalue weighted by Crippen LogP contribution is -2.47. The number of ether oxygens (including phenoxy) is 1. The number of amides is 3. The second-order valence-corrected chi connectivity index (χ2v) is 6.55. The first-order valence-electron chi connectivity index (χ1n) is 8.60. The SMILES string of the molecule is COCC(=O)N1CCCC(C(=O)NCCNC(=O)c2ccccc2Cl)C1. The lowest BCUT2D eigenvalue weighted by molar-refractivity contribution is -0.138. The molecule has 0 radical (unpaired) electrons. The fourth-order valence-corrected chi connectivity index (χ4v) is 3.10. The molecule has 1 saturated heterocycles. The number of carbonyl (C=O) groups excluding carboxylic acids is 3. The summed E-state index contributed by atoms with van der Waals surface area (Å²) < 4.78 is 4.86. The van der Waals surface area contributed by atoms with Crippen LogP contribution in [0.4, 0.5) is 0 Å². The van der Waals surface area contributed by atoms with Crippen LogP contribution < -0.4 is 10.6 Å². The molecule has 7 nitrogen and oxygen atoms in total. The van der Waals surface area contributed by atoms with E-state index in [0.717, 1.165) is 12.8 Å². The van der Waals surface area contributed by atoms with Crippen LogP contribution in [0.1, 0.15) is 23.2 Å². The van der Waals surface area contributed by atoms with E-state index >= 15 is 0 Å². The molecular formula is C18H24ClN3O4. The Bertz CT molecular complexity index is 653. The molecule has 3 amide bonds. The summed E-state index contributed by atoms with van der Waals surface area (Å²) in [5.41, 5.74) is 0.403. The van der Waals surface area contributed by atoms with Gasteiger partial charge in [-0.2, -0.15) is 0 Å². The Hall–Kier alpha value is -2.12. The number of nitrogens with zero attached hydrogens (tertiary/aromatic N) is 1. The first-order chi connectivity index (χ1) is 12.5. The summed E-state index contributed by atoms with van der Waals surface area (Å²) in [4.78, 5) is 37.8. The van der Waals surface area contributed by atoms with Crippen molar-refractivity contribution in [1.29, 1.82) is 0 Å². The quantitative estimate of drug-likeness (QED) is 0.691. The summed E-state index contributed by atoms with van der Waals surface area (Å²) in [5, 5.41) is 5.92. The predicted octanol–water partition coefficient (Wildman–Crippen LogP) is 1.07. The van der Waals surface area contributed by atoms with Gasteiger partial charge in [-0.05, 0) is 25.0 Å². The highest BCUT2D eigenvalue weighted by Crippen LogP contribution is 2.17. The van der Waals surface area contributed by atoms with Gasteiger partial charge in [0.25, 0.3) is 5.91 Å². The highest BCUT2D eigenvalue weighted by molar-refractivity contribution is 6.33. The third-order valence-electron chi connectivity index (χ3n) is 4.24. The number of halogens is 1. The summed E-state index contributed by atoms with van der Waals surface area (Å²) in [6.45, 7) is 1.70. The Morgan fingerprint density at radius 1 is 1.23 bits per heavy atom. The molecule has 2 N–H and O–H groups in total. The van der Waals surface area contributed by atoms with E-state index in [9.17, 15) is 14.4 Å². The molecule has 1 unspecified atom stereocenters. The van der Waals surface area contributed by atoms with Crippen LogP contribution in [-0.4, -0.2) is 62.5 Å². The topological polar surface area (TPSA) is 87.7 Å². The molecule has 1 aliphatic rings. The van der Waals surface area contributed by atoms with Gasteiger partial charge in [-0.3, -0.25) is 14.4 Å². The van der Waals surface area contributed by atoms with Gasteiger partial charge >= 0.3 is 0 Å². The molecule has 2 rings (SSSR count). The van der Waals surface area contributed by atoms with Crippen LogP contribution in [0.15, 0.2) is 24.3 Å². The predicted molar refractivity (Wildman–Crippen MR) is 98.0 cm³/mol. The zero-order valence-electron chi connectivity index (χ0n) is 14.8. The van der Waals surface area contributed by atoms with Crippen LogP contribution in [-0.2, 0) is 14.3 Å². The number of rotatable bonds is 7. The van der Waals surface area contributed by atoms with Gasteiger partial charge in [0.1, 0.15) is 6.61 Å². The van der Waals surface area contributed by atoms with Crippen molar-refractivity contribution in [3.05, 3.63) is 34.9 Å². The first kappa shape index (κ1) is 20.2. The van der Waals surface area contributed by atoms with Crippen molar-refractivity contribution in [2.75, 3.05) is 39.9 Å². The van der Waals surface area contributed by atoms with Crippen LogP contribution in [0.3, 0.4) is 0 Å². The van der Waals surface area contributed by atoms with Crippen LogP contribution in [0, 0.1) is 5.92 Å². The maximum atomic E-state index is 12.3. The second-order valence-electron chi connectivity index (χ2n) is 6.14. The zero-order chi connectivity index (χ0) is 18.9. The van der Waals surface area contributed by atoms with E-state index in [-0.39, 0.29) is 30.2 Å². The average Bonchev–Trinajstić information content (AvgIpc) is 2.65. The monoisotopic (exact) mass is 381 g/mol. The molecule has 1 aromatic carbocycles. The fraction of sp³-hybridized carbons (Fsp3) is 0.500. The van der Waals surface area contributed by atoms with Crippen molar-refractivity contribution < 1.29 is 19.1 Å². The molecule has 1 fully saturated rings. The molecule has 1 atom stereocenters. The molecule has 26 heavy (non-hydrogen) atoms. The van der Waals surface area contributed by atoms with Gasteiger partial charge < -0.3 is 20.3 Å². The Labute approximate surface area is 158 Å². The van der Waals surface area contributed by atoms with Crippen molar-refractivity contribution in [3.8, 4) is 0 Å². The number of hydrogen-bond donors (Lipinski definition) is 2. The number of likely N-dealkylation sites (tertiary alicyclic amines) is 1. The van der Waals surface area contributed by atoms with E-state index in [1.165, 1.54) is 7.11 Å². The lowest BCUT2D eigenvalue weighted by atomic mass is 9.97. The minimum Gasteiger partial charge on any atom is -0.375 e. The standard InChI is InChI=1S/C18H24ClN3O4/c1-26-12-16(23)22-10-4-5-13(11-22)17(24)20-8-9-21-18(25)14-6-2-3-7-15(14)19/h2-3,6-7,13H,4-5,8-12H2,1H3,(H,20,24)(H,21,25).